The molecule has 88 valence electrons. The zero-order valence-electron chi connectivity index (χ0n) is 8.79. The molecule has 0 aliphatic rings. The summed E-state index contributed by atoms with van der Waals surface area (Å²) in [6.07, 6.45) is 0. The van der Waals surface area contributed by atoms with Crippen molar-refractivity contribution in [2.45, 2.75) is 5.88 Å². The zero-order valence-corrected chi connectivity index (χ0v) is 10.3. The van der Waals surface area contributed by atoms with E-state index in [1.165, 1.54) is 12.1 Å². The fourth-order valence-corrected chi connectivity index (χ4v) is 1.72. The number of rotatable bonds is 3. The van der Waals surface area contributed by atoms with Crippen molar-refractivity contribution in [3.63, 3.8) is 0 Å². The van der Waals surface area contributed by atoms with E-state index in [0.29, 0.717) is 22.1 Å². The largest absolute Gasteiger partial charge is 0.457 e. The molecule has 0 fully saturated rings. The van der Waals surface area contributed by atoms with Gasteiger partial charge in [-0.15, -0.1) is 11.6 Å². The maximum atomic E-state index is 13.0. The SMILES string of the molecule is Fc1ccc(Oc2ccc(Cl)cc2)c(CCl)c1. The van der Waals surface area contributed by atoms with E-state index in [0.717, 1.165) is 0 Å². The molecule has 0 N–H and O–H groups in total. The minimum atomic E-state index is -0.330. The van der Waals surface area contributed by atoms with Gasteiger partial charge in [-0.05, 0) is 42.5 Å². The molecule has 2 aromatic rings. The third-order valence-corrected chi connectivity index (χ3v) is 2.75. The standard InChI is InChI=1S/C13H9Cl2FO/c14-8-9-7-11(16)3-6-13(9)17-12-4-1-10(15)2-5-12/h1-7H,8H2. The smallest absolute Gasteiger partial charge is 0.132 e. The first-order valence-corrected chi connectivity index (χ1v) is 5.88. The van der Waals surface area contributed by atoms with Crippen LogP contribution in [-0.4, -0.2) is 0 Å². The van der Waals surface area contributed by atoms with Crippen molar-refractivity contribution in [2.75, 3.05) is 0 Å². The zero-order chi connectivity index (χ0) is 12.3. The van der Waals surface area contributed by atoms with Gasteiger partial charge in [0.15, 0.2) is 0 Å². The van der Waals surface area contributed by atoms with Gasteiger partial charge < -0.3 is 4.74 Å². The first-order valence-electron chi connectivity index (χ1n) is 4.97. The van der Waals surface area contributed by atoms with Crippen LogP contribution in [0.25, 0.3) is 0 Å². The van der Waals surface area contributed by atoms with Crippen molar-refractivity contribution < 1.29 is 9.13 Å². The van der Waals surface area contributed by atoms with Crippen molar-refractivity contribution in [1.82, 2.24) is 0 Å². The summed E-state index contributed by atoms with van der Waals surface area (Å²) < 4.78 is 18.6. The highest BCUT2D eigenvalue weighted by molar-refractivity contribution is 6.30. The van der Waals surface area contributed by atoms with Crippen molar-refractivity contribution in [3.05, 3.63) is 58.9 Å². The van der Waals surface area contributed by atoms with Crippen LogP contribution in [0.5, 0.6) is 11.5 Å². The molecule has 0 aliphatic heterocycles. The Labute approximate surface area is 109 Å². The lowest BCUT2D eigenvalue weighted by Gasteiger charge is -2.09. The van der Waals surface area contributed by atoms with Gasteiger partial charge in [0.25, 0.3) is 0 Å². The van der Waals surface area contributed by atoms with Crippen LogP contribution in [0.1, 0.15) is 5.56 Å². The first kappa shape index (κ1) is 12.2. The third kappa shape index (κ3) is 3.11. The third-order valence-electron chi connectivity index (χ3n) is 2.21. The van der Waals surface area contributed by atoms with Crippen LogP contribution >= 0.6 is 23.2 Å². The van der Waals surface area contributed by atoms with E-state index in [1.807, 2.05) is 0 Å². The van der Waals surface area contributed by atoms with Gasteiger partial charge in [-0.3, -0.25) is 0 Å². The van der Waals surface area contributed by atoms with Crippen LogP contribution in [0.15, 0.2) is 42.5 Å². The van der Waals surface area contributed by atoms with Crippen LogP contribution in [0.3, 0.4) is 0 Å². The molecule has 0 spiro atoms. The Morgan fingerprint density at radius 3 is 2.41 bits per heavy atom. The molecule has 0 saturated heterocycles. The number of benzene rings is 2. The summed E-state index contributed by atoms with van der Waals surface area (Å²) in [5, 5.41) is 0.633. The summed E-state index contributed by atoms with van der Waals surface area (Å²) in [7, 11) is 0. The second-order valence-corrected chi connectivity index (χ2v) is 4.15. The van der Waals surface area contributed by atoms with Gasteiger partial charge in [0, 0.05) is 10.6 Å². The number of alkyl halides is 1. The van der Waals surface area contributed by atoms with Crippen LogP contribution in [0.2, 0.25) is 5.02 Å². The predicted octanol–water partition coefficient (Wildman–Crippen LogP) is 5.01. The molecule has 0 amide bonds. The molecule has 0 aliphatic carbocycles. The van der Waals surface area contributed by atoms with Gasteiger partial charge >= 0.3 is 0 Å². The number of halogens is 3. The lowest BCUT2D eigenvalue weighted by atomic mass is 10.2. The lowest BCUT2D eigenvalue weighted by Crippen LogP contribution is -1.90. The van der Waals surface area contributed by atoms with Crippen LogP contribution in [0, 0.1) is 5.82 Å². The average molecular weight is 271 g/mol. The number of hydrogen-bond donors (Lipinski definition) is 0. The highest BCUT2D eigenvalue weighted by Gasteiger charge is 2.05. The maximum Gasteiger partial charge on any atom is 0.132 e. The van der Waals surface area contributed by atoms with Crippen molar-refractivity contribution in [1.29, 1.82) is 0 Å². The van der Waals surface area contributed by atoms with Gasteiger partial charge in [-0.25, -0.2) is 4.39 Å². The summed E-state index contributed by atoms with van der Waals surface area (Å²) in [5.74, 6) is 1.04. The highest BCUT2D eigenvalue weighted by Crippen LogP contribution is 2.28. The van der Waals surface area contributed by atoms with E-state index in [1.54, 1.807) is 30.3 Å². The lowest BCUT2D eigenvalue weighted by molar-refractivity contribution is 0.476. The minimum Gasteiger partial charge on any atom is -0.457 e. The van der Waals surface area contributed by atoms with Crippen LogP contribution in [-0.2, 0) is 5.88 Å². The normalized spacial score (nSPS) is 10.3. The molecule has 0 radical (unpaired) electrons. The second kappa shape index (κ2) is 5.39. The molecule has 4 heteroatoms. The average Bonchev–Trinajstić information content (AvgIpc) is 2.34. The van der Waals surface area contributed by atoms with Gasteiger partial charge in [-0.1, -0.05) is 11.6 Å². The second-order valence-electron chi connectivity index (χ2n) is 3.44. The fraction of sp³-hybridized carbons (Fsp3) is 0.0769. The molecular weight excluding hydrogens is 262 g/mol. The molecule has 2 rings (SSSR count). The monoisotopic (exact) mass is 270 g/mol. The van der Waals surface area contributed by atoms with E-state index in [4.69, 9.17) is 27.9 Å². The molecular formula is C13H9Cl2FO. The Morgan fingerprint density at radius 2 is 1.76 bits per heavy atom. The van der Waals surface area contributed by atoms with Crippen molar-refractivity contribution >= 4 is 23.2 Å². The molecule has 0 atom stereocenters. The molecule has 0 heterocycles. The fourth-order valence-electron chi connectivity index (χ4n) is 1.38. The Morgan fingerprint density at radius 1 is 1.06 bits per heavy atom. The summed E-state index contributed by atoms with van der Waals surface area (Å²) in [5.41, 5.74) is 0.613. The predicted molar refractivity (Wildman–Crippen MR) is 67.5 cm³/mol. The van der Waals surface area contributed by atoms with Gasteiger partial charge in [0.2, 0.25) is 0 Å². The van der Waals surface area contributed by atoms with Gasteiger partial charge in [-0.2, -0.15) is 0 Å². The molecule has 0 bridgehead atoms. The van der Waals surface area contributed by atoms with E-state index in [9.17, 15) is 4.39 Å². The molecule has 2 aromatic carbocycles. The number of ether oxygens (including phenoxy) is 1. The van der Waals surface area contributed by atoms with E-state index in [-0.39, 0.29) is 11.7 Å². The van der Waals surface area contributed by atoms with Crippen molar-refractivity contribution in [2.24, 2.45) is 0 Å². The van der Waals surface area contributed by atoms with Crippen LogP contribution < -0.4 is 4.74 Å². The Balaban J connectivity index is 2.26. The van der Waals surface area contributed by atoms with Gasteiger partial charge in [0.05, 0.1) is 5.88 Å². The topological polar surface area (TPSA) is 9.23 Å². The maximum absolute atomic E-state index is 13.0. The molecule has 17 heavy (non-hydrogen) atoms. The molecule has 0 saturated carbocycles. The first-order chi connectivity index (χ1) is 8.19. The molecule has 0 aromatic heterocycles. The summed E-state index contributed by atoms with van der Waals surface area (Å²) in [4.78, 5) is 0. The van der Waals surface area contributed by atoms with E-state index < -0.39 is 0 Å². The quantitative estimate of drug-likeness (QED) is 0.713. The number of hydrogen-bond acceptors (Lipinski definition) is 1. The Bertz CT molecular complexity index is 511. The Kier molecular flexibility index (Phi) is 3.87. The summed E-state index contributed by atoms with van der Waals surface area (Å²) >= 11 is 11.5. The highest BCUT2D eigenvalue weighted by atomic mass is 35.5. The van der Waals surface area contributed by atoms with Gasteiger partial charge in [0.1, 0.15) is 17.3 Å². The van der Waals surface area contributed by atoms with E-state index in [2.05, 4.69) is 0 Å². The molecule has 1 nitrogen and oxygen atoms in total. The van der Waals surface area contributed by atoms with Crippen LogP contribution in [0.4, 0.5) is 4.39 Å². The van der Waals surface area contributed by atoms with Crippen molar-refractivity contribution in [3.8, 4) is 11.5 Å². The Hall–Kier alpha value is -1.25. The minimum absolute atomic E-state index is 0.195. The molecule has 0 unspecified atom stereocenters. The summed E-state index contributed by atoms with van der Waals surface area (Å²) in [6, 6.07) is 11.2. The summed E-state index contributed by atoms with van der Waals surface area (Å²) in [6.45, 7) is 0. The van der Waals surface area contributed by atoms with E-state index >= 15 is 0 Å².